The van der Waals surface area contributed by atoms with Crippen LogP contribution in [0.1, 0.15) is 18.5 Å². The molecule has 2 saturated carbocycles. The molecule has 0 radical (unpaired) electrons. The summed E-state index contributed by atoms with van der Waals surface area (Å²) in [5.41, 5.74) is 2.93. The van der Waals surface area contributed by atoms with Crippen LogP contribution in [0.2, 0.25) is 0 Å². The largest absolute Gasteiger partial charge is 0.365 e. The van der Waals surface area contributed by atoms with Crippen molar-refractivity contribution in [3.63, 3.8) is 0 Å². The molecule has 6 nitrogen and oxygen atoms in total. The zero-order chi connectivity index (χ0) is 18.8. The quantitative estimate of drug-likeness (QED) is 0.813. The standard InChI is InChI=1S/C22H28N6/c1-13-17(10-27(2)26-13)20-5-6-21(25-24-20)23-22-18-11-28(12-19(18)22)9-16-8-14-3-4-15(16)7-14/h3-6,10,14-16,18-19,22H,7-9,11-12H2,1-2H3,(H,23,25)/t14?,15?,16?,18-,19+,22+. The van der Waals surface area contributed by atoms with Gasteiger partial charge in [-0.1, -0.05) is 12.2 Å². The molecule has 6 heteroatoms. The maximum absolute atomic E-state index is 4.42. The summed E-state index contributed by atoms with van der Waals surface area (Å²) in [7, 11) is 1.93. The summed E-state index contributed by atoms with van der Waals surface area (Å²) in [6.45, 7) is 5.82. The van der Waals surface area contributed by atoms with Gasteiger partial charge in [0.05, 0.1) is 11.4 Å². The van der Waals surface area contributed by atoms with Gasteiger partial charge >= 0.3 is 0 Å². The predicted octanol–water partition coefficient (Wildman–Crippen LogP) is 2.74. The number of fused-ring (bicyclic) bond motifs is 3. The normalized spacial score (nSPS) is 35.5. The monoisotopic (exact) mass is 376 g/mol. The van der Waals surface area contributed by atoms with Crippen molar-refractivity contribution in [1.82, 2.24) is 24.9 Å². The van der Waals surface area contributed by atoms with E-state index in [4.69, 9.17) is 0 Å². The van der Waals surface area contributed by atoms with E-state index in [0.29, 0.717) is 6.04 Å². The van der Waals surface area contributed by atoms with Gasteiger partial charge in [-0.15, -0.1) is 10.2 Å². The van der Waals surface area contributed by atoms with Crippen LogP contribution in [0, 0.1) is 36.5 Å². The Morgan fingerprint density at radius 1 is 1.11 bits per heavy atom. The summed E-state index contributed by atoms with van der Waals surface area (Å²) in [6, 6.07) is 4.69. The highest BCUT2D eigenvalue weighted by Crippen LogP contribution is 2.49. The maximum Gasteiger partial charge on any atom is 0.148 e. The van der Waals surface area contributed by atoms with Gasteiger partial charge in [0, 0.05) is 44.5 Å². The molecule has 146 valence electrons. The minimum Gasteiger partial charge on any atom is -0.365 e. The van der Waals surface area contributed by atoms with E-state index in [9.17, 15) is 0 Å². The molecular weight excluding hydrogens is 348 g/mol. The van der Waals surface area contributed by atoms with Crippen molar-refractivity contribution < 1.29 is 0 Å². The van der Waals surface area contributed by atoms with Gasteiger partial charge in [0.1, 0.15) is 5.82 Å². The third-order valence-corrected chi connectivity index (χ3v) is 7.45. The molecule has 4 aliphatic rings. The molecular formula is C22H28N6. The Bertz CT molecular complexity index is 904. The van der Waals surface area contributed by atoms with E-state index in [-0.39, 0.29) is 0 Å². The Labute approximate surface area is 166 Å². The van der Waals surface area contributed by atoms with Crippen LogP contribution in [0.4, 0.5) is 5.82 Å². The van der Waals surface area contributed by atoms with Crippen LogP contribution >= 0.6 is 0 Å². The Balaban J connectivity index is 1.03. The van der Waals surface area contributed by atoms with Crippen molar-refractivity contribution >= 4 is 5.82 Å². The molecule has 6 atom stereocenters. The zero-order valence-corrected chi connectivity index (χ0v) is 16.6. The number of hydrogen-bond donors (Lipinski definition) is 1. The first-order chi connectivity index (χ1) is 13.6. The summed E-state index contributed by atoms with van der Waals surface area (Å²) >= 11 is 0. The Morgan fingerprint density at radius 3 is 2.57 bits per heavy atom. The van der Waals surface area contributed by atoms with Gasteiger partial charge in [0.25, 0.3) is 0 Å². The smallest absolute Gasteiger partial charge is 0.148 e. The highest BCUT2D eigenvalue weighted by atomic mass is 15.3. The van der Waals surface area contributed by atoms with E-state index in [1.54, 1.807) is 0 Å². The molecule has 1 saturated heterocycles. The molecule has 3 aliphatic carbocycles. The summed E-state index contributed by atoms with van der Waals surface area (Å²) in [5, 5.41) is 16.9. The summed E-state index contributed by atoms with van der Waals surface area (Å²) in [4.78, 5) is 2.71. The number of aromatic nitrogens is 4. The van der Waals surface area contributed by atoms with Crippen molar-refractivity contribution in [3.05, 3.63) is 36.2 Å². The summed E-state index contributed by atoms with van der Waals surface area (Å²) in [6.07, 6.45) is 9.77. The third-order valence-electron chi connectivity index (χ3n) is 7.45. The van der Waals surface area contributed by atoms with Crippen molar-refractivity contribution in [2.75, 3.05) is 25.0 Å². The fourth-order valence-corrected chi connectivity index (χ4v) is 5.99. The first-order valence-corrected chi connectivity index (χ1v) is 10.7. The lowest BCUT2D eigenvalue weighted by atomic mass is 9.93. The Morgan fingerprint density at radius 2 is 1.96 bits per heavy atom. The minimum absolute atomic E-state index is 0.580. The number of allylic oxidation sites excluding steroid dienone is 2. The van der Waals surface area contributed by atoms with Gasteiger partial charge in [-0.2, -0.15) is 5.10 Å². The summed E-state index contributed by atoms with van der Waals surface area (Å²) in [5.74, 6) is 5.14. The number of nitrogens with one attached hydrogen (secondary N) is 1. The highest BCUT2D eigenvalue weighted by Gasteiger charge is 2.56. The Kier molecular flexibility index (Phi) is 3.67. The molecule has 3 heterocycles. The fraction of sp³-hybridized carbons (Fsp3) is 0.591. The van der Waals surface area contributed by atoms with Crippen LogP contribution in [0.25, 0.3) is 11.3 Å². The van der Waals surface area contributed by atoms with Crippen LogP contribution in [-0.2, 0) is 7.05 Å². The zero-order valence-electron chi connectivity index (χ0n) is 16.6. The Hall–Kier alpha value is -2.21. The number of rotatable bonds is 5. The molecule has 0 aromatic carbocycles. The maximum atomic E-state index is 4.42. The average Bonchev–Trinajstić information content (AvgIpc) is 3.22. The number of nitrogens with zero attached hydrogens (tertiary/aromatic N) is 5. The second-order valence-electron chi connectivity index (χ2n) is 9.36. The third kappa shape index (κ3) is 2.77. The van der Waals surface area contributed by atoms with E-state index in [0.717, 1.165) is 52.4 Å². The first kappa shape index (κ1) is 16.7. The molecule has 2 aromatic rings. The first-order valence-electron chi connectivity index (χ1n) is 10.7. The molecule has 1 N–H and O–H groups in total. The van der Waals surface area contributed by atoms with E-state index >= 15 is 0 Å². The lowest BCUT2D eigenvalue weighted by molar-refractivity contribution is 0.232. The number of likely N-dealkylation sites (tertiary alicyclic amines) is 1. The molecule has 0 spiro atoms. The van der Waals surface area contributed by atoms with Crippen molar-refractivity contribution in [2.24, 2.45) is 36.6 Å². The van der Waals surface area contributed by atoms with Crippen LogP contribution in [0.3, 0.4) is 0 Å². The molecule has 0 amide bonds. The predicted molar refractivity (Wildman–Crippen MR) is 109 cm³/mol. The second kappa shape index (κ2) is 6.14. The topological polar surface area (TPSA) is 58.9 Å². The highest BCUT2D eigenvalue weighted by molar-refractivity contribution is 5.61. The van der Waals surface area contributed by atoms with E-state index in [1.807, 2.05) is 30.9 Å². The number of hydrogen-bond acceptors (Lipinski definition) is 5. The molecule has 1 aliphatic heterocycles. The average molecular weight is 377 g/mol. The van der Waals surface area contributed by atoms with Crippen molar-refractivity contribution in [3.8, 4) is 11.3 Å². The lowest BCUT2D eigenvalue weighted by Crippen LogP contribution is -2.33. The lowest BCUT2D eigenvalue weighted by Gasteiger charge is -2.26. The molecule has 6 rings (SSSR count). The molecule has 28 heavy (non-hydrogen) atoms. The number of piperidine rings is 1. The van der Waals surface area contributed by atoms with E-state index in [2.05, 4.69) is 43.7 Å². The van der Waals surface area contributed by atoms with Gasteiger partial charge in [0.2, 0.25) is 0 Å². The summed E-state index contributed by atoms with van der Waals surface area (Å²) < 4.78 is 1.82. The van der Waals surface area contributed by atoms with Crippen molar-refractivity contribution in [2.45, 2.75) is 25.8 Å². The van der Waals surface area contributed by atoms with Gasteiger partial charge in [0.15, 0.2) is 0 Å². The van der Waals surface area contributed by atoms with Gasteiger partial charge in [-0.25, -0.2) is 0 Å². The minimum atomic E-state index is 0.580. The second-order valence-corrected chi connectivity index (χ2v) is 9.36. The van der Waals surface area contributed by atoms with Crippen LogP contribution in [0.15, 0.2) is 30.5 Å². The SMILES string of the molecule is Cc1nn(C)cc1-c1ccc(N[C@H]2[C@@H]3CN(CC4CC5C=CC4C5)C[C@@H]32)nn1. The fourth-order valence-electron chi connectivity index (χ4n) is 5.99. The van der Waals surface area contributed by atoms with Gasteiger partial charge < -0.3 is 10.2 Å². The molecule has 2 bridgehead atoms. The van der Waals surface area contributed by atoms with Gasteiger partial charge in [-0.05, 0) is 61.5 Å². The van der Waals surface area contributed by atoms with Gasteiger partial charge in [-0.3, -0.25) is 4.68 Å². The van der Waals surface area contributed by atoms with Crippen molar-refractivity contribution in [1.29, 1.82) is 0 Å². The van der Waals surface area contributed by atoms with E-state index < -0.39 is 0 Å². The molecule has 3 fully saturated rings. The molecule has 3 unspecified atom stereocenters. The van der Waals surface area contributed by atoms with Crippen LogP contribution < -0.4 is 5.32 Å². The van der Waals surface area contributed by atoms with E-state index in [1.165, 1.54) is 32.5 Å². The number of anilines is 1. The van der Waals surface area contributed by atoms with Crippen LogP contribution in [0.5, 0.6) is 0 Å². The number of aryl methyl sites for hydroxylation is 2. The molecule has 2 aromatic heterocycles. The van der Waals surface area contributed by atoms with Crippen LogP contribution in [-0.4, -0.2) is 50.6 Å².